The Kier molecular flexibility index (Phi) is 4.99. The molecular weight excluding hydrogens is 128 g/mol. The highest BCUT2D eigenvalue weighted by atomic mass is 16.5. The molecule has 0 aliphatic rings. The summed E-state index contributed by atoms with van der Waals surface area (Å²) in [5, 5.41) is 0. The lowest BCUT2D eigenvalue weighted by Crippen LogP contribution is -2.04. The fourth-order valence-corrected chi connectivity index (χ4v) is 0.597. The number of hydrogen-bond donors (Lipinski definition) is 0. The number of carbonyl (C=O) groups excluding carboxylic acids is 1. The molecule has 0 bridgehead atoms. The predicted molar refractivity (Wildman–Crippen MR) is 40.4 cm³/mol. The Balaban J connectivity index is 3.22. The first kappa shape index (κ1) is 9.47. The molecule has 0 N–H and O–H groups in total. The summed E-state index contributed by atoms with van der Waals surface area (Å²) >= 11 is 0. The monoisotopic (exact) mass is 143 g/mol. The first-order valence-electron chi connectivity index (χ1n) is 3.65. The van der Waals surface area contributed by atoms with Crippen LogP contribution in [0.5, 0.6) is 0 Å². The van der Waals surface area contributed by atoms with Gasteiger partial charge in [0.25, 0.3) is 0 Å². The number of carbonyl (C=O) groups is 1. The van der Waals surface area contributed by atoms with E-state index >= 15 is 0 Å². The van der Waals surface area contributed by atoms with Crippen molar-refractivity contribution in [3.8, 4) is 0 Å². The van der Waals surface area contributed by atoms with E-state index in [-0.39, 0.29) is 5.97 Å². The molecule has 59 valence electrons. The molecule has 1 unspecified atom stereocenters. The highest BCUT2D eigenvalue weighted by molar-refractivity contribution is 5.69. The van der Waals surface area contributed by atoms with Crippen molar-refractivity contribution in [2.45, 2.75) is 26.7 Å². The minimum Gasteiger partial charge on any atom is -0.466 e. The Morgan fingerprint density at radius 1 is 1.70 bits per heavy atom. The topological polar surface area (TPSA) is 26.3 Å². The van der Waals surface area contributed by atoms with E-state index in [0.717, 1.165) is 6.42 Å². The van der Waals surface area contributed by atoms with Gasteiger partial charge in [0.15, 0.2) is 0 Å². The molecule has 0 saturated carbocycles. The van der Waals surface area contributed by atoms with Gasteiger partial charge in [0, 0.05) is 6.42 Å². The molecule has 0 fully saturated rings. The lowest BCUT2D eigenvalue weighted by molar-refractivity contribution is -0.143. The Labute approximate surface area is 62.6 Å². The molecule has 0 amide bonds. The lowest BCUT2D eigenvalue weighted by Gasteiger charge is -2.02. The Bertz CT molecular complexity index is 97.4. The van der Waals surface area contributed by atoms with Crippen LogP contribution in [0.1, 0.15) is 26.7 Å². The SMILES string of the molecule is [CH2]C(C)CCC(=O)OCC. The minimum atomic E-state index is -0.113. The van der Waals surface area contributed by atoms with E-state index in [4.69, 9.17) is 4.74 Å². The molecule has 10 heavy (non-hydrogen) atoms. The van der Waals surface area contributed by atoms with Crippen LogP contribution in [0.25, 0.3) is 0 Å². The third kappa shape index (κ3) is 5.60. The van der Waals surface area contributed by atoms with Crippen molar-refractivity contribution in [3.63, 3.8) is 0 Å². The Morgan fingerprint density at radius 3 is 2.70 bits per heavy atom. The summed E-state index contributed by atoms with van der Waals surface area (Å²) in [6.45, 7) is 8.04. The molecule has 0 spiro atoms. The van der Waals surface area contributed by atoms with Gasteiger partial charge in [-0.2, -0.15) is 0 Å². The van der Waals surface area contributed by atoms with E-state index in [9.17, 15) is 4.79 Å². The third-order valence-electron chi connectivity index (χ3n) is 1.15. The van der Waals surface area contributed by atoms with Gasteiger partial charge in [-0.1, -0.05) is 13.8 Å². The standard InChI is InChI=1S/C8H15O2/c1-4-10-8(9)6-5-7(2)3/h7H,2,4-6H2,1,3H3. The van der Waals surface area contributed by atoms with E-state index in [1.54, 1.807) is 0 Å². The average molecular weight is 143 g/mol. The highest BCUT2D eigenvalue weighted by Gasteiger charge is 2.02. The summed E-state index contributed by atoms with van der Waals surface area (Å²) in [6, 6.07) is 0. The number of rotatable bonds is 4. The summed E-state index contributed by atoms with van der Waals surface area (Å²) in [5.41, 5.74) is 0. The molecule has 0 aromatic heterocycles. The Morgan fingerprint density at radius 2 is 2.30 bits per heavy atom. The molecule has 1 atom stereocenters. The van der Waals surface area contributed by atoms with Crippen molar-refractivity contribution in [3.05, 3.63) is 6.92 Å². The number of ether oxygens (including phenoxy) is 1. The molecule has 0 aliphatic carbocycles. The van der Waals surface area contributed by atoms with Crippen molar-refractivity contribution >= 4 is 5.97 Å². The highest BCUT2D eigenvalue weighted by Crippen LogP contribution is 2.03. The first-order valence-corrected chi connectivity index (χ1v) is 3.65. The fraction of sp³-hybridized carbons (Fsp3) is 0.750. The van der Waals surface area contributed by atoms with Crippen molar-refractivity contribution in [2.75, 3.05) is 6.61 Å². The lowest BCUT2D eigenvalue weighted by atomic mass is 10.1. The third-order valence-corrected chi connectivity index (χ3v) is 1.15. The van der Waals surface area contributed by atoms with Gasteiger partial charge in [0.2, 0.25) is 0 Å². The van der Waals surface area contributed by atoms with E-state index in [0.29, 0.717) is 18.9 Å². The predicted octanol–water partition coefficient (Wildman–Crippen LogP) is 1.80. The van der Waals surface area contributed by atoms with Crippen LogP contribution in [-0.2, 0) is 9.53 Å². The quantitative estimate of drug-likeness (QED) is 0.561. The number of hydrogen-bond acceptors (Lipinski definition) is 2. The second-order valence-corrected chi connectivity index (χ2v) is 2.45. The maximum absolute atomic E-state index is 10.7. The van der Waals surface area contributed by atoms with Crippen LogP contribution >= 0.6 is 0 Å². The minimum absolute atomic E-state index is 0.113. The summed E-state index contributed by atoms with van der Waals surface area (Å²) in [4.78, 5) is 10.7. The van der Waals surface area contributed by atoms with Crippen LogP contribution in [0.2, 0.25) is 0 Å². The van der Waals surface area contributed by atoms with Gasteiger partial charge in [-0.05, 0) is 19.3 Å². The molecule has 0 aromatic carbocycles. The van der Waals surface area contributed by atoms with Crippen molar-refractivity contribution < 1.29 is 9.53 Å². The maximum Gasteiger partial charge on any atom is 0.305 e. The van der Waals surface area contributed by atoms with Crippen molar-refractivity contribution in [1.82, 2.24) is 0 Å². The average Bonchev–Trinajstić information content (AvgIpc) is 1.85. The van der Waals surface area contributed by atoms with Gasteiger partial charge in [-0.15, -0.1) is 0 Å². The molecule has 0 rings (SSSR count). The van der Waals surface area contributed by atoms with E-state index in [1.165, 1.54) is 0 Å². The first-order chi connectivity index (χ1) is 4.66. The second-order valence-electron chi connectivity index (χ2n) is 2.45. The Hall–Kier alpha value is -0.530. The summed E-state index contributed by atoms with van der Waals surface area (Å²) in [5.74, 6) is 0.224. The van der Waals surface area contributed by atoms with Crippen LogP contribution < -0.4 is 0 Å². The van der Waals surface area contributed by atoms with Gasteiger partial charge in [0.1, 0.15) is 0 Å². The smallest absolute Gasteiger partial charge is 0.305 e. The zero-order chi connectivity index (χ0) is 7.98. The largest absolute Gasteiger partial charge is 0.466 e. The van der Waals surface area contributed by atoms with Gasteiger partial charge < -0.3 is 4.74 Å². The summed E-state index contributed by atoms with van der Waals surface area (Å²) in [7, 11) is 0. The molecule has 2 heteroatoms. The fourth-order valence-electron chi connectivity index (χ4n) is 0.597. The number of esters is 1. The van der Waals surface area contributed by atoms with Crippen LogP contribution in [0, 0.1) is 12.8 Å². The van der Waals surface area contributed by atoms with E-state index in [1.807, 2.05) is 13.8 Å². The summed E-state index contributed by atoms with van der Waals surface area (Å²) in [6.07, 6.45) is 1.32. The normalized spacial score (nSPS) is 10.0. The molecule has 2 nitrogen and oxygen atoms in total. The molecular formula is C8H15O2. The summed E-state index contributed by atoms with van der Waals surface area (Å²) < 4.78 is 4.73. The van der Waals surface area contributed by atoms with E-state index in [2.05, 4.69) is 6.92 Å². The van der Waals surface area contributed by atoms with Crippen LogP contribution in [0.4, 0.5) is 0 Å². The van der Waals surface area contributed by atoms with Crippen LogP contribution in [0.3, 0.4) is 0 Å². The molecule has 0 aliphatic heterocycles. The molecule has 0 heterocycles. The molecule has 0 aromatic rings. The van der Waals surface area contributed by atoms with Crippen molar-refractivity contribution in [1.29, 1.82) is 0 Å². The second kappa shape index (κ2) is 5.27. The van der Waals surface area contributed by atoms with Gasteiger partial charge in [0.05, 0.1) is 6.61 Å². The van der Waals surface area contributed by atoms with Gasteiger partial charge in [-0.25, -0.2) is 0 Å². The zero-order valence-corrected chi connectivity index (χ0v) is 6.72. The van der Waals surface area contributed by atoms with Gasteiger partial charge in [-0.3, -0.25) is 4.79 Å². The molecule has 0 saturated heterocycles. The zero-order valence-electron chi connectivity index (χ0n) is 6.72. The van der Waals surface area contributed by atoms with Gasteiger partial charge >= 0.3 is 5.97 Å². The van der Waals surface area contributed by atoms with E-state index < -0.39 is 0 Å². The maximum atomic E-state index is 10.7. The molecule has 1 radical (unpaired) electrons. The van der Waals surface area contributed by atoms with Crippen LogP contribution in [-0.4, -0.2) is 12.6 Å². The van der Waals surface area contributed by atoms with Crippen LogP contribution in [0.15, 0.2) is 0 Å². The van der Waals surface area contributed by atoms with Crippen molar-refractivity contribution in [2.24, 2.45) is 5.92 Å².